The second-order valence-corrected chi connectivity index (χ2v) is 8.06. The van der Waals surface area contributed by atoms with Gasteiger partial charge in [0.15, 0.2) is 12.4 Å². The van der Waals surface area contributed by atoms with Gasteiger partial charge in [-0.2, -0.15) is 0 Å². The van der Waals surface area contributed by atoms with Crippen LogP contribution in [-0.2, 0) is 23.7 Å². The van der Waals surface area contributed by atoms with E-state index in [1.54, 1.807) is 6.92 Å². The van der Waals surface area contributed by atoms with Gasteiger partial charge in [-0.3, -0.25) is 4.79 Å². The first-order valence-electron chi connectivity index (χ1n) is 9.63. The second-order valence-electron chi connectivity index (χ2n) is 8.06. The Morgan fingerprint density at radius 3 is 2.72 bits per heavy atom. The normalized spacial score (nSPS) is 22.3. The lowest BCUT2D eigenvalue weighted by molar-refractivity contribution is -0.670. The molecular formula is C22H21N3O4. The maximum atomic E-state index is 12.4. The first-order chi connectivity index (χ1) is 13.8. The number of aliphatic hydroxyl groups excluding tert-OH is 1. The number of aromatic nitrogens is 2. The molecule has 148 valence electrons. The molecule has 29 heavy (non-hydrogen) atoms. The van der Waals surface area contributed by atoms with E-state index in [4.69, 9.17) is 0 Å². The third-order valence-electron chi connectivity index (χ3n) is 6.36. The third kappa shape index (κ3) is 2.31. The van der Waals surface area contributed by atoms with Crippen molar-refractivity contribution in [1.82, 2.24) is 9.47 Å². The van der Waals surface area contributed by atoms with Crippen molar-refractivity contribution in [3.63, 3.8) is 0 Å². The summed E-state index contributed by atoms with van der Waals surface area (Å²) in [6.45, 7) is 1.57. The minimum atomic E-state index is -1.36. The van der Waals surface area contributed by atoms with Gasteiger partial charge in [-0.05, 0) is 36.6 Å². The lowest BCUT2D eigenvalue weighted by atomic mass is 9.82. The van der Waals surface area contributed by atoms with E-state index in [-0.39, 0.29) is 17.6 Å². The van der Waals surface area contributed by atoms with Crippen LogP contribution in [0.15, 0.2) is 42.4 Å². The zero-order chi connectivity index (χ0) is 20.6. The molecule has 0 saturated carbocycles. The van der Waals surface area contributed by atoms with Crippen LogP contribution in [0.3, 0.4) is 0 Å². The fourth-order valence-electron chi connectivity index (χ4n) is 4.96. The summed E-state index contributed by atoms with van der Waals surface area (Å²) in [5.74, 6) is -2.27. The fraction of sp³-hybridized carbons (Fsp3) is 0.318. The number of hydrogen-bond donors (Lipinski definition) is 1. The molecule has 1 amide bonds. The number of β-lactam (4-membered cyclic amide) rings is 1. The number of aryl methyl sites for hydroxylation is 2. The van der Waals surface area contributed by atoms with Crippen LogP contribution in [0.5, 0.6) is 0 Å². The predicted octanol–water partition coefficient (Wildman–Crippen LogP) is 0.228. The van der Waals surface area contributed by atoms with Crippen molar-refractivity contribution in [3.05, 3.63) is 47.9 Å². The van der Waals surface area contributed by atoms with E-state index < -0.39 is 18.0 Å². The van der Waals surface area contributed by atoms with E-state index in [1.807, 2.05) is 55.3 Å². The summed E-state index contributed by atoms with van der Waals surface area (Å²) in [6, 6.07) is 7.59. The molecule has 2 aliphatic rings. The van der Waals surface area contributed by atoms with Gasteiger partial charge in [-0.15, -0.1) is 0 Å². The number of aliphatic carboxylic acids is 1. The van der Waals surface area contributed by atoms with Gasteiger partial charge in [0.25, 0.3) is 0 Å². The Kier molecular flexibility index (Phi) is 3.64. The Balaban J connectivity index is 1.68. The van der Waals surface area contributed by atoms with Crippen molar-refractivity contribution in [2.75, 3.05) is 0 Å². The molecule has 2 aliphatic heterocycles. The van der Waals surface area contributed by atoms with E-state index in [0.717, 1.165) is 27.4 Å². The highest BCUT2D eigenvalue weighted by molar-refractivity contribution is 6.10. The molecule has 0 aliphatic carbocycles. The van der Waals surface area contributed by atoms with Crippen molar-refractivity contribution in [2.24, 2.45) is 20.0 Å². The summed E-state index contributed by atoms with van der Waals surface area (Å²) in [5, 5.41) is 23.9. The summed E-state index contributed by atoms with van der Waals surface area (Å²) >= 11 is 0. The number of pyridine rings is 1. The molecule has 3 atom stereocenters. The largest absolute Gasteiger partial charge is 0.543 e. The minimum Gasteiger partial charge on any atom is -0.543 e. The van der Waals surface area contributed by atoms with Gasteiger partial charge in [0.05, 0.1) is 29.7 Å². The number of carbonyl (C=O) groups is 2. The molecule has 1 N–H and O–H groups in total. The van der Waals surface area contributed by atoms with Crippen LogP contribution in [0, 0.1) is 5.92 Å². The van der Waals surface area contributed by atoms with Crippen LogP contribution in [0.25, 0.3) is 27.4 Å². The molecule has 4 heterocycles. The van der Waals surface area contributed by atoms with Gasteiger partial charge < -0.3 is 24.5 Å². The summed E-state index contributed by atoms with van der Waals surface area (Å²) in [6.07, 6.45) is 3.62. The van der Waals surface area contributed by atoms with Crippen molar-refractivity contribution in [3.8, 4) is 0 Å². The van der Waals surface area contributed by atoms with Crippen LogP contribution >= 0.6 is 0 Å². The van der Waals surface area contributed by atoms with Gasteiger partial charge in [0.1, 0.15) is 12.6 Å². The van der Waals surface area contributed by atoms with Crippen LogP contribution in [0.1, 0.15) is 18.9 Å². The molecule has 3 aromatic rings. The van der Waals surface area contributed by atoms with Crippen molar-refractivity contribution < 1.29 is 24.4 Å². The average Bonchev–Trinajstić information content (AvgIpc) is 3.14. The topological polar surface area (TPSA) is 89.5 Å². The highest BCUT2D eigenvalue weighted by Gasteiger charge is 2.55. The number of aliphatic hydroxyl groups is 1. The van der Waals surface area contributed by atoms with E-state index in [0.29, 0.717) is 12.0 Å². The number of rotatable bonds is 3. The molecule has 7 heteroatoms. The molecule has 7 nitrogen and oxygen atoms in total. The lowest BCUT2D eigenvalue weighted by Gasteiger charge is -2.45. The summed E-state index contributed by atoms with van der Waals surface area (Å²) in [4.78, 5) is 25.6. The Labute approximate surface area is 167 Å². The summed E-state index contributed by atoms with van der Waals surface area (Å²) in [5.41, 5.74) is 3.42. The molecule has 0 unspecified atom stereocenters. The van der Waals surface area contributed by atoms with Gasteiger partial charge >= 0.3 is 0 Å². The molecule has 0 radical (unpaired) electrons. The molecule has 1 fully saturated rings. The first kappa shape index (κ1) is 17.9. The van der Waals surface area contributed by atoms with Gasteiger partial charge in [-0.1, -0.05) is 6.07 Å². The number of carboxylic acid groups (broad SMARTS) is 1. The monoisotopic (exact) mass is 391 g/mol. The van der Waals surface area contributed by atoms with Crippen LogP contribution in [0.2, 0.25) is 0 Å². The van der Waals surface area contributed by atoms with Crippen molar-refractivity contribution in [1.29, 1.82) is 0 Å². The van der Waals surface area contributed by atoms with E-state index in [9.17, 15) is 19.8 Å². The number of nitrogens with zero attached hydrogens (tertiary/aromatic N) is 3. The number of carbonyl (C=O) groups excluding carboxylic acids is 2. The van der Waals surface area contributed by atoms with Crippen LogP contribution < -0.4 is 9.67 Å². The SMILES string of the molecule is C[C@@H](O)[C@H]1C(=O)N2C(C(=O)[O-])=C(c3ccc4c(c3)c3cc[n+](C)cc3n4C)C[C@H]12. The lowest BCUT2D eigenvalue weighted by Crippen LogP contribution is -2.62. The quantitative estimate of drug-likeness (QED) is 0.511. The predicted molar refractivity (Wildman–Crippen MR) is 104 cm³/mol. The number of fused-ring (bicyclic) bond motifs is 4. The Morgan fingerprint density at radius 2 is 2.03 bits per heavy atom. The second kappa shape index (κ2) is 5.90. The maximum absolute atomic E-state index is 12.4. The van der Waals surface area contributed by atoms with Crippen LogP contribution in [-0.4, -0.2) is 38.6 Å². The van der Waals surface area contributed by atoms with Gasteiger partial charge in [0, 0.05) is 29.4 Å². The molecule has 0 bridgehead atoms. The number of amides is 1. The van der Waals surface area contributed by atoms with Crippen LogP contribution in [0.4, 0.5) is 0 Å². The van der Waals surface area contributed by atoms with Crippen molar-refractivity contribution in [2.45, 2.75) is 25.5 Å². The highest BCUT2D eigenvalue weighted by atomic mass is 16.4. The zero-order valence-electron chi connectivity index (χ0n) is 16.4. The average molecular weight is 391 g/mol. The standard InChI is InChI=1S/C22H21N3O4/c1-11(26)19-17-9-14(20(22(28)29)25(17)21(19)27)12-4-5-16-15(8-12)13-6-7-23(2)10-18(13)24(16)3/h4-8,10-11,17,19,26H,9H2,1-3H3/t11-,17-,19-/m1/s1. The van der Waals surface area contributed by atoms with Crippen molar-refractivity contribution >= 4 is 39.3 Å². The third-order valence-corrected chi connectivity index (χ3v) is 6.36. The van der Waals surface area contributed by atoms with E-state index in [2.05, 4.69) is 4.57 Å². The van der Waals surface area contributed by atoms with E-state index in [1.165, 1.54) is 4.90 Å². The Bertz CT molecular complexity index is 1250. The molecular weight excluding hydrogens is 370 g/mol. The molecule has 1 aromatic carbocycles. The smallest absolute Gasteiger partial charge is 0.235 e. The molecule has 2 aromatic heterocycles. The first-order valence-corrected chi connectivity index (χ1v) is 9.63. The summed E-state index contributed by atoms with van der Waals surface area (Å²) < 4.78 is 4.10. The molecule has 1 saturated heterocycles. The number of benzene rings is 1. The Morgan fingerprint density at radius 1 is 1.28 bits per heavy atom. The van der Waals surface area contributed by atoms with E-state index >= 15 is 0 Å². The minimum absolute atomic E-state index is 0.0668. The number of carboxylic acids is 1. The Hall–Kier alpha value is -3.19. The molecule has 0 spiro atoms. The zero-order valence-corrected chi connectivity index (χ0v) is 16.4. The summed E-state index contributed by atoms with van der Waals surface area (Å²) in [7, 11) is 3.97. The fourth-order valence-corrected chi connectivity index (χ4v) is 4.96. The number of hydrogen-bond acceptors (Lipinski definition) is 4. The van der Waals surface area contributed by atoms with Gasteiger partial charge in [-0.25, -0.2) is 4.57 Å². The molecule has 5 rings (SSSR count). The van der Waals surface area contributed by atoms with Gasteiger partial charge in [0.2, 0.25) is 5.91 Å². The highest BCUT2D eigenvalue weighted by Crippen LogP contribution is 2.47. The maximum Gasteiger partial charge on any atom is 0.235 e.